The molecule has 2 nitrogen and oxygen atoms in total. The van der Waals surface area contributed by atoms with Gasteiger partial charge in [-0.25, -0.2) is 4.98 Å². The van der Waals surface area contributed by atoms with Crippen LogP contribution in [0.1, 0.15) is 58.9 Å². The van der Waals surface area contributed by atoms with E-state index in [0.717, 1.165) is 5.01 Å². The van der Waals surface area contributed by atoms with Crippen LogP contribution in [0.4, 0.5) is 0 Å². The Balaban J connectivity index is 2.02. The molecule has 0 aliphatic heterocycles. The summed E-state index contributed by atoms with van der Waals surface area (Å²) in [5.41, 5.74) is 5.79. The Bertz CT molecular complexity index is 698. The SMILES string of the molecule is CC1=C(/C=C/C(C)=C/C=C/C(C)=C/c2ncns2)C(C)(C)CCC1. The molecule has 3 heteroatoms. The predicted octanol–water partition coefficient (Wildman–Crippen LogP) is 6.53. The third-order valence-corrected chi connectivity index (χ3v) is 5.11. The zero-order valence-corrected chi connectivity index (χ0v) is 16.3. The Hall–Kier alpha value is -1.74. The van der Waals surface area contributed by atoms with E-state index >= 15 is 0 Å². The summed E-state index contributed by atoms with van der Waals surface area (Å²) in [6.07, 6.45) is 18.4. The highest BCUT2D eigenvalue weighted by Gasteiger charge is 2.26. The van der Waals surface area contributed by atoms with E-state index < -0.39 is 0 Å². The van der Waals surface area contributed by atoms with Gasteiger partial charge in [0.05, 0.1) is 0 Å². The lowest BCUT2D eigenvalue weighted by molar-refractivity contribution is 0.377. The standard InChI is InChI=1S/C21H28N2S/c1-16(8-6-9-17(2)14-20-22-15-23-24-20)11-12-19-18(3)10-7-13-21(19,4)5/h6,8-9,11-12,14-15H,7,10,13H2,1-5H3/b9-6+,12-11+,16-8+,17-14+. The second-order valence-corrected chi connectivity index (χ2v) is 8.01. The molecule has 0 unspecified atom stereocenters. The molecule has 1 aliphatic carbocycles. The molecule has 1 heterocycles. The maximum Gasteiger partial charge on any atom is 0.136 e. The summed E-state index contributed by atoms with van der Waals surface area (Å²) < 4.78 is 4.01. The van der Waals surface area contributed by atoms with E-state index in [1.54, 1.807) is 11.9 Å². The van der Waals surface area contributed by atoms with Crippen molar-refractivity contribution in [2.75, 3.05) is 0 Å². The monoisotopic (exact) mass is 340 g/mol. The number of hydrogen-bond acceptors (Lipinski definition) is 3. The zero-order chi connectivity index (χ0) is 17.6. The van der Waals surface area contributed by atoms with E-state index in [9.17, 15) is 0 Å². The fourth-order valence-corrected chi connectivity index (χ4v) is 3.66. The van der Waals surface area contributed by atoms with Crippen LogP contribution in [-0.2, 0) is 0 Å². The number of hydrogen-bond donors (Lipinski definition) is 0. The summed E-state index contributed by atoms with van der Waals surface area (Å²) in [5.74, 6) is 0. The molecule has 0 fully saturated rings. The molecule has 0 N–H and O–H groups in total. The van der Waals surface area contributed by atoms with E-state index in [-0.39, 0.29) is 0 Å². The van der Waals surface area contributed by atoms with Gasteiger partial charge in [-0.15, -0.1) is 0 Å². The molecule has 0 saturated heterocycles. The van der Waals surface area contributed by atoms with Gasteiger partial charge in [0.15, 0.2) is 0 Å². The Morgan fingerprint density at radius 2 is 2.00 bits per heavy atom. The summed E-state index contributed by atoms with van der Waals surface area (Å²) in [6.45, 7) is 11.2. The molecule has 0 spiro atoms. The minimum absolute atomic E-state index is 0.302. The molecule has 1 aromatic rings. The van der Waals surface area contributed by atoms with Gasteiger partial charge < -0.3 is 0 Å². The number of nitrogens with zero attached hydrogens (tertiary/aromatic N) is 2. The van der Waals surface area contributed by atoms with Crippen LogP contribution in [0, 0.1) is 5.41 Å². The highest BCUT2D eigenvalue weighted by atomic mass is 32.1. The van der Waals surface area contributed by atoms with Crippen LogP contribution in [0.5, 0.6) is 0 Å². The Morgan fingerprint density at radius 3 is 2.67 bits per heavy atom. The zero-order valence-electron chi connectivity index (χ0n) is 15.5. The van der Waals surface area contributed by atoms with Crippen LogP contribution < -0.4 is 0 Å². The van der Waals surface area contributed by atoms with E-state index in [4.69, 9.17) is 0 Å². The van der Waals surface area contributed by atoms with Crippen molar-refractivity contribution in [1.29, 1.82) is 0 Å². The van der Waals surface area contributed by atoms with Crippen LogP contribution >= 0.6 is 11.5 Å². The van der Waals surface area contributed by atoms with E-state index in [1.165, 1.54) is 47.5 Å². The van der Waals surface area contributed by atoms with Crippen molar-refractivity contribution < 1.29 is 0 Å². The highest BCUT2D eigenvalue weighted by molar-refractivity contribution is 7.06. The molecule has 0 aromatic carbocycles. The fraction of sp³-hybridized carbons (Fsp3) is 0.429. The van der Waals surface area contributed by atoms with Gasteiger partial charge in [-0.1, -0.05) is 55.4 Å². The quantitative estimate of drug-likeness (QED) is 0.570. The second kappa shape index (κ2) is 8.39. The van der Waals surface area contributed by atoms with Crippen LogP contribution in [0.3, 0.4) is 0 Å². The van der Waals surface area contributed by atoms with E-state index in [0.29, 0.717) is 5.41 Å². The molecule has 0 atom stereocenters. The average molecular weight is 341 g/mol. The van der Waals surface area contributed by atoms with Gasteiger partial charge >= 0.3 is 0 Å². The number of allylic oxidation sites excluding steroid dienone is 9. The molecule has 2 rings (SSSR count). The minimum Gasteiger partial charge on any atom is -0.223 e. The lowest BCUT2D eigenvalue weighted by atomic mass is 9.72. The van der Waals surface area contributed by atoms with Crippen LogP contribution in [-0.4, -0.2) is 9.36 Å². The lowest BCUT2D eigenvalue weighted by Crippen LogP contribution is -2.19. The van der Waals surface area contributed by atoms with Crippen LogP contribution in [0.15, 0.2) is 59.0 Å². The van der Waals surface area contributed by atoms with Crippen LogP contribution in [0.2, 0.25) is 0 Å². The first-order valence-electron chi connectivity index (χ1n) is 8.57. The largest absolute Gasteiger partial charge is 0.223 e. The van der Waals surface area contributed by atoms with E-state index in [1.807, 2.05) is 6.08 Å². The van der Waals surface area contributed by atoms with Crippen molar-refractivity contribution in [2.24, 2.45) is 5.41 Å². The average Bonchev–Trinajstić information content (AvgIpc) is 2.98. The summed E-state index contributed by atoms with van der Waals surface area (Å²) in [5, 5.41) is 0.944. The summed E-state index contributed by atoms with van der Waals surface area (Å²) >= 11 is 1.41. The maximum atomic E-state index is 4.17. The molecule has 1 aliphatic rings. The minimum atomic E-state index is 0.302. The van der Waals surface area contributed by atoms with Crippen molar-refractivity contribution in [2.45, 2.75) is 53.9 Å². The summed E-state index contributed by atoms with van der Waals surface area (Å²) in [7, 11) is 0. The number of aromatic nitrogens is 2. The van der Waals surface area contributed by atoms with Gasteiger partial charge in [0.25, 0.3) is 0 Å². The topological polar surface area (TPSA) is 25.8 Å². The van der Waals surface area contributed by atoms with Crippen LogP contribution in [0.25, 0.3) is 6.08 Å². The Labute approximate surface area is 150 Å². The third-order valence-electron chi connectivity index (χ3n) is 4.50. The van der Waals surface area contributed by atoms with Gasteiger partial charge in [0, 0.05) is 0 Å². The van der Waals surface area contributed by atoms with Gasteiger partial charge in [-0.3, -0.25) is 0 Å². The predicted molar refractivity (Wildman–Crippen MR) is 106 cm³/mol. The van der Waals surface area contributed by atoms with Gasteiger partial charge in [0.1, 0.15) is 11.3 Å². The normalized spacial score (nSPS) is 19.7. The van der Waals surface area contributed by atoms with Crippen molar-refractivity contribution in [3.8, 4) is 0 Å². The van der Waals surface area contributed by atoms with E-state index in [2.05, 4.69) is 74.4 Å². The molecule has 0 radical (unpaired) electrons. The lowest BCUT2D eigenvalue weighted by Gasteiger charge is -2.32. The van der Waals surface area contributed by atoms with Crippen molar-refractivity contribution >= 4 is 17.6 Å². The Morgan fingerprint density at radius 1 is 1.21 bits per heavy atom. The van der Waals surface area contributed by atoms with Gasteiger partial charge in [-0.05, 0) is 74.2 Å². The third kappa shape index (κ3) is 5.41. The molecule has 128 valence electrons. The first kappa shape index (κ1) is 18.6. The second-order valence-electron chi connectivity index (χ2n) is 7.20. The molecule has 24 heavy (non-hydrogen) atoms. The Kier molecular flexibility index (Phi) is 6.50. The number of rotatable bonds is 5. The summed E-state index contributed by atoms with van der Waals surface area (Å²) in [4.78, 5) is 4.17. The molecular weight excluding hydrogens is 312 g/mol. The highest BCUT2D eigenvalue weighted by Crippen LogP contribution is 2.40. The summed E-state index contributed by atoms with van der Waals surface area (Å²) in [6, 6.07) is 0. The van der Waals surface area contributed by atoms with Gasteiger partial charge in [0.2, 0.25) is 0 Å². The maximum absolute atomic E-state index is 4.17. The smallest absolute Gasteiger partial charge is 0.136 e. The first-order valence-corrected chi connectivity index (χ1v) is 9.34. The molecule has 1 aromatic heterocycles. The van der Waals surface area contributed by atoms with Crippen molar-refractivity contribution in [1.82, 2.24) is 9.36 Å². The molecule has 0 bridgehead atoms. The first-order chi connectivity index (χ1) is 11.4. The van der Waals surface area contributed by atoms with Crippen molar-refractivity contribution in [3.63, 3.8) is 0 Å². The van der Waals surface area contributed by atoms with Gasteiger partial charge in [-0.2, -0.15) is 4.37 Å². The molecule has 0 saturated carbocycles. The fourth-order valence-electron chi connectivity index (χ4n) is 3.12. The molecular formula is C21H28N2S. The van der Waals surface area contributed by atoms with Crippen molar-refractivity contribution in [3.05, 3.63) is 64.0 Å². The molecule has 0 amide bonds.